The Morgan fingerprint density at radius 3 is 2.65 bits per heavy atom. The third-order valence-electron chi connectivity index (χ3n) is 3.42. The summed E-state index contributed by atoms with van der Waals surface area (Å²) in [6.45, 7) is 6.19. The molecule has 5 nitrogen and oxygen atoms in total. The number of rotatable bonds is 6. The van der Waals surface area contributed by atoms with E-state index in [4.69, 9.17) is 4.74 Å². The van der Waals surface area contributed by atoms with Crippen LogP contribution in [0.2, 0.25) is 0 Å². The molecule has 1 heterocycles. The second-order valence-corrected chi connectivity index (χ2v) is 6.51. The summed E-state index contributed by atoms with van der Waals surface area (Å²) >= 11 is 1.72. The first-order chi connectivity index (χ1) is 11.1. The van der Waals surface area contributed by atoms with E-state index in [0.717, 1.165) is 35.5 Å². The van der Waals surface area contributed by atoms with Gasteiger partial charge >= 0.3 is 0 Å². The smallest absolute Gasteiger partial charge is 0.193 e. The molecular formula is C17H24N4OS. The number of likely N-dealkylation sites (N-methyl/N-ethyl adjacent to an activating group) is 1. The second kappa shape index (κ2) is 8.53. The molecule has 1 N–H and O–H groups in total. The lowest BCUT2D eigenvalue weighted by Gasteiger charge is -2.22. The number of hydrogen-bond acceptors (Lipinski definition) is 4. The average Bonchev–Trinajstić information content (AvgIpc) is 2.87. The number of ether oxygens (including phenoxy) is 1. The normalized spacial score (nSPS) is 11.4. The van der Waals surface area contributed by atoms with Crippen LogP contribution < -0.4 is 10.1 Å². The monoisotopic (exact) mass is 332 g/mol. The highest BCUT2D eigenvalue weighted by molar-refractivity contribution is 7.11. The van der Waals surface area contributed by atoms with Gasteiger partial charge in [0.15, 0.2) is 5.96 Å². The lowest BCUT2D eigenvalue weighted by molar-refractivity contribution is 0.281. The molecule has 2 aromatic rings. The van der Waals surface area contributed by atoms with E-state index in [0.29, 0.717) is 6.61 Å². The number of nitrogens with zero attached hydrogens (tertiary/aromatic N) is 3. The molecule has 0 fully saturated rings. The Morgan fingerprint density at radius 2 is 2.04 bits per heavy atom. The van der Waals surface area contributed by atoms with E-state index < -0.39 is 0 Å². The van der Waals surface area contributed by atoms with Crippen molar-refractivity contribution in [3.05, 3.63) is 45.9 Å². The maximum absolute atomic E-state index is 5.72. The molecule has 2 rings (SSSR count). The lowest BCUT2D eigenvalue weighted by atomic mass is 10.3. The van der Waals surface area contributed by atoms with Crippen molar-refractivity contribution in [2.45, 2.75) is 20.4 Å². The van der Waals surface area contributed by atoms with Crippen LogP contribution in [0.1, 0.15) is 15.6 Å². The first-order valence-electron chi connectivity index (χ1n) is 7.62. The Hall–Kier alpha value is -2.08. The van der Waals surface area contributed by atoms with E-state index in [1.807, 2.05) is 51.2 Å². The molecule has 0 amide bonds. The molecule has 0 unspecified atom stereocenters. The summed E-state index contributed by atoms with van der Waals surface area (Å²) < 4.78 is 5.72. The molecule has 0 saturated heterocycles. The minimum atomic E-state index is 0.611. The van der Waals surface area contributed by atoms with Crippen molar-refractivity contribution in [3.8, 4) is 5.75 Å². The van der Waals surface area contributed by atoms with Gasteiger partial charge in [0.25, 0.3) is 0 Å². The van der Waals surface area contributed by atoms with Crippen LogP contribution in [-0.2, 0) is 6.54 Å². The first kappa shape index (κ1) is 17.3. The van der Waals surface area contributed by atoms with Crippen molar-refractivity contribution in [1.82, 2.24) is 15.2 Å². The Balaban J connectivity index is 1.79. The molecule has 1 aromatic carbocycles. The molecule has 0 aliphatic heterocycles. The zero-order chi connectivity index (χ0) is 16.7. The molecule has 124 valence electrons. The molecule has 0 bridgehead atoms. The molecule has 0 aliphatic rings. The zero-order valence-electron chi connectivity index (χ0n) is 14.2. The molecule has 6 heteroatoms. The Kier molecular flexibility index (Phi) is 6.40. The fraction of sp³-hybridized carbons (Fsp3) is 0.412. The summed E-state index contributed by atoms with van der Waals surface area (Å²) in [5.41, 5.74) is 1.09. The van der Waals surface area contributed by atoms with Gasteiger partial charge < -0.3 is 15.0 Å². The van der Waals surface area contributed by atoms with Crippen LogP contribution >= 0.6 is 11.3 Å². The summed E-state index contributed by atoms with van der Waals surface area (Å²) in [6.07, 6.45) is 0. The number of hydrogen-bond donors (Lipinski definition) is 1. The number of aliphatic imine (C=N–C) groups is 1. The lowest BCUT2D eigenvalue weighted by Crippen LogP contribution is -2.40. The van der Waals surface area contributed by atoms with Crippen molar-refractivity contribution in [2.24, 2.45) is 4.99 Å². The first-order valence-corrected chi connectivity index (χ1v) is 8.44. The van der Waals surface area contributed by atoms with Crippen LogP contribution in [0.3, 0.4) is 0 Å². The van der Waals surface area contributed by atoms with E-state index in [2.05, 4.69) is 20.2 Å². The summed E-state index contributed by atoms with van der Waals surface area (Å²) in [7, 11) is 3.80. The predicted octanol–water partition coefficient (Wildman–Crippen LogP) is 2.85. The van der Waals surface area contributed by atoms with Gasteiger partial charge in [0.05, 0.1) is 23.8 Å². The van der Waals surface area contributed by atoms with Gasteiger partial charge in [0, 0.05) is 19.0 Å². The van der Waals surface area contributed by atoms with Crippen LogP contribution in [0.15, 0.2) is 35.3 Å². The molecule has 0 aliphatic carbocycles. The van der Waals surface area contributed by atoms with Crippen LogP contribution in [0.4, 0.5) is 0 Å². The highest BCUT2D eigenvalue weighted by Crippen LogP contribution is 2.16. The van der Waals surface area contributed by atoms with Gasteiger partial charge in [0.2, 0.25) is 0 Å². The van der Waals surface area contributed by atoms with Crippen molar-refractivity contribution in [1.29, 1.82) is 0 Å². The standard InChI is InChI=1S/C17H24N4OS/c1-13-16(23-14(2)20-13)12-19-17(18-3)21(4)10-11-22-15-8-6-5-7-9-15/h5-9H,10-12H2,1-4H3,(H,18,19). The molecule has 0 atom stereocenters. The molecule has 0 saturated carbocycles. The number of para-hydroxylation sites is 1. The van der Waals surface area contributed by atoms with Crippen LogP contribution in [0.25, 0.3) is 0 Å². The number of thiazole rings is 1. The summed E-state index contributed by atoms with van der Waals surface area (Å²) in [6, 6.07) is 9.84. The van der Waals surface area contributed by atoms with Crippen LogP contribution in [-0.4, -0.2) is 43.1 Å². The fourth-order valence-electron chi connectivity index (χ4n) is 2.20. The predicted molar refractivity (Wildman–Crippen MR) is 96.4 cm³/mol. The summed E-state index contributed by atoms with van der Waals surface area (Å²) in [4.78, 5) is 12.1. The van der Waals surface area contributed by atoms with Gasteiger partial charge in [-0.1, -0.05) is 18.2 Å². The minimum Gasteiger partial charge on any atom is -0.492 e. The fourth-order valence-corrected chi connectivity index (χ4v) is 3.08. The number of nitrogens with one attached hydrogen (secondary N) is 1. The van der Waals surface area contributed by atoms with Gasteiger partial charge in [0.1, 0.15) is 12.4 Å². The number of aryl methyl sites for hydroxylation is 2. The van der Waals surface area contributed by atoms with E-state index >= 15 is 0 Å². The van der Waals surface area contributed by atoms with Crippen LogP contribution in [0.5, 0.6) is 5.75 Å². The average molecular weight is 332 g/mol. The molecule has 0 radical (unpaired) electrons. The number of aromatic nitrogens is 1. The SMILES string of the molecule is CN=C(NCc1sc(C)nc1C)N(C)CCOc1ccccc1. The van der Waals surface area contributed by atoms with Crippen molar-refractivity contribution in [2.75, 3.05) is 27.2 Å². The maximum Gasteiger partial charge on any atom is 0.193 e. The van der Waals surface area contributed by atoms with Crippen molar-refractivity contribution < 1.29 is 4.74 Å². The van der Waals surface area contributed by atoms with Gasteiger partial charge in [-0.15, -0.1) is 11.3 Å². The Morgan fingerprint density at radius 1 is 1.30 bits per heavy atom. The Labute approximate surface area is 142 Å². The summed E-state index contributed by atoms with van der Waals surface area (Å²) in [5, 5.41) is 4.48. The quantitative estimate of drug-likeness (QED) is 0.653. The second-order valence-electron chi connectivity index (χ2n) is 5.23. The summed E-state index contributed by atoms with van der Waals surface area (Å²) in [5.74, 6) is 1.74. The molecule has 1 aromatic heterocycles. The van der Waals surface area contributed by atoms with E-state index in [1.165, 1.54) is 4.88 Å². The van der Waals surface area contributed by atoms with Gasteiger partial charge in [-0.2, -0.15) is 0 Å². The molecule has 23 heavy (non-hydrogen) atoms. The van der Waals surface area contributed by atoms with E-state index in [9.17, 15) is 0 Å². The number of benzene rings is 1. The van der Waals surface area contributed by atoms with Gasteiger partial charge in [-0.05, 0) is 26.0 Å². The number of guanidine groups is 1. The topological polar surface area (TPSA) is 49.8 Å². The molecule has 0 spiro atoms. The third kappa shape index (κ3) is 5.25. The van der Waals surface area contributed by atoms with Gasteiger partial charge in [-0.25, -0.2) is 4.98 Å². The highest BCUT2D eigenvalue weighted by Gasteiger charge is 2.09. The van der Waals surface area contributed by atoms with Crippen LogP contribution in [0, 0.1) is 13.8 Å². The van der Waals surface area contributed by atoms with Crippen molar-refractivity contribution >= 4 is 17.3 Å². The largest absolute Gasteiger partial charge is 0.492 e. The zero-order valence-corrected chi connectivity index (χ0v) is 15.0. The highest BCUT2D eigenvalue weighted by atomic mass is 32.1. The van der Waals surface area contributed by atoms with Crippen molar-refractivity contribution in [3.63, 3.8) is 0 Å². The molecular weight excluding hydrogens is 308 g/mol. The maximum atomic E-state index is 5.72. The third-order valence-corrected chi connectivity index (χ3v) is 4.49. The van der Waals surface area contributed by atoms with E-state index in [1.54, 1.807) is 18.4 Å². The Bertz CT molecular complexity index is 639. The van der Waals surface area contributed by atoms with Gasteiger partial charge in [-0.3, -0.25) is 4.99 Å². The van der Waals surface area contributed by atoms with E-state index in [-0.39, 0.29) is 0 Å². The minimum absolute atomic E-state index is 0.611.